The maximum absolute atomic E-state index is 12.6. The van der Waals surface area contributed by atoms with Gasteiger partial charge in [-0.25, -0.2) is 0 Å². The van der Waals surface area contributed by atoms with Gasteiger partial charge in [0.25, 0.3) is 0 Å². The lowest BCUT2D eigenvalue weighted by Crippen LogP contribution is -2.45. The summed E-state index contributed by atoms with van der Waals surface area (Å²) >= 11 is 0. The maximum Gasteiger partial charge on any atom is 0.245 e. The summed E-state index contributed by atoms with van der Waals surface area (Å²) in [5, 5.41) is 3.26. The molecule has 2 heterocycles. The van der Waals surface area contributed by atoms with Gasteiger partial charge < -0.3 is 15.1 Å². The lowest BCUT2D eigenvalue weighted by atomic mass is 10.1. The average Bonchev–Trinajstić information content (AvgIpc) is 2.81. The van der Waals surface area contributed by atoms with Crippen molar-refractivity contribution in [2.75, 3.05) is 32.0 Å². The first-order valence-corrected chi connectivity index (χ1v) is 7.02. The number of carbonyl (C=O) groups is 2. The van der Waals surface area contributed by atoms with Crippen LogP contribution in [0.2, 0.25) is 0 Å². The number of fused-ring (bicyclic) bond motifs is 1. The van der Waals surface area contributed by atoms with Crippen molar-refractivity contribution in [3.8, 4) is 0 Å². The van der Waals surface area contributed by atoms with Gasteiger partial charge in [0.2, 0.25) is 11.8 Å². The molecule has 20 heavy (non-hydrogen) atoms. The van der Waals surface area contributed by atoms with Crippen LogP contribution in [0.4, 0.5) is 5.69 Å². The second-order valence-electron chi connectivity index (χ2n) is 5.49. The Bertz CT molecular complexity index is 519. The van der Waals surface area contributed by atoms with E-state index in [0.717, 1.165) is 18.7 Å². The molecular formula is C15H19N3O2. The van der Waals surface area contributed by atoms with E-state index in [2.05, 4.69) is 5.32 Å². The Labute approximate surface area is 118 Å². The van der Waals surface area contributed by atoms with E-state index in [9.17, 15) is 9.59 Å². The highest BCUT2D eigenvalue weighted by Crippen LogP contribution is 2.26. The van der Waals surface area contributed by atoms with Gasteiger partial charge in [-0.2, -0.15) is 0 Å². The SMILES string of the molecule is CN1CCCN(C(=O)[C@@H]2Cc3ccccc3N2)CC1=O. The van der Waals surface area contributed by atoms with Gasteiger partial charge in [-0.3, -0.25) is 9.59 Å². The van der Waals surface area contributed by atoms with Gasteiger partial charge in [0, 0.05) is 32.2 Å². The van der Waals surface area contributed by atoms with E-state index in [-0.39, 0.29) is 24.4 Å². The van der Waals surface area contributed by atoms with Crippen LogP contribution >= 0.6 is 0 Å². The molecule has 1 fully saturated rings. The number of nitrogens with zero attached hydrogens (tertiary/aromatic N) is 2. The van der Waals surface area contributed by atoms with Crippen molar-refractivity contribution >= 4 is 17.5 Å². The second-order valence-corrected chi connectivity index (χ2v) is 5.49. The summed E-state index contributed by atoms with van der Waals surface area (Å²) in [5.74, 6) is 0.0520. The molecule has 0 radical (unpaired) electrons. The molecule has 2 amide bonds. The largest absolute Gasteiger partial charge is 0.373 e. The van der Waals surface area contributed by atoms with Crippen LogP contribution < -0.4 is 5.32 Å². The minimum atomic E-state index is -0.233. The summed E-state index contributed by atoms with van der Waals surface area (Å²) in [4.78, 5) is 27.8. The number of hydrogen-bond donors (Lipinski definition) is 1. The van der Waals surface area contributed by atoms with Crippen molar-refractivity contribution in [1.29, 1.82) is 0 Å². The van der Waals surface area contributed by atoms with Gasteiger partial charge in [-0.15, -0.1) is 0 Å². The Morgan fingerprint density at radius 3 is 2.90 bits per heavy atom. The summed E-state index contributed by atoms with van der Waals surface area (Å²) in [6.45, 7) is 1.58. The number of amides is 2. The lowest BCUT2D eigenvalue weighted by molar-refractivity contribution is -0.138. The Hall–Kier alpha value is -2.04. The van der Waals surface area contributed by atoms with Crippen molar-refractivity contribution in [2.24, 2.45) is 0 Å². The second kappa shape index (κ2) is 5.15. The molecule has 1 aromatic rings. The standard InChI is InChI=1S/C15H19N3O2/c1-17-7-4-8-18(10-14(17)19)15(20)13-9-11-5-2-3-6-12(11)16-13/h2-3,5-6,13,16H,4,7-10H2,1H3/t13-/m0/s1. The fourth-order valence-corrected chi connectivity index (χ4v) is 2.84. The molecule has 1 saturated heterocycles. The molecule has 1 atom stereocenters. The van der Waals surface area contributed by atoms with Crippen LogP contribution in [0, 0.1) is 0 Å². The van der Waals surface area contributed by atoms with Crippen LogP contribution in [-0.4, -0.2) is 54.3 Å². The Balaban J connectivity index is 1.70. The number of likely N-dealkylation sites (N-methyl/N-ethyl adjacent to an activating group) is 1. The summed E-state index contributed by atoms with van der Waals surface area (Å²) < 4.78 is 0. The monoisotopic (exact) mass is 273 g/mol. The van der Waals surface area contributed by atoms with Crippen LogP contribution in [0.15, 0.2) is 24.3 Å². The van der Waals surface area contributed by atoms with Gasteiger partial charge in [0.1, 0.15) is 6.04 Å². The number of hydrogen-bond acceptors (Lipinski definition) is 3. The molecule has 0 saturated carbocycles. The molecule has 2 aliphatic rings. The van der Waals surface area contributed by atoms with Gasteiger partial charge in [-0.05, 0) is 18.1 Å². The molecule has 0 bridgehead atoms. The van der Waals surface area contributed by atoms with E-state index in [0.29, 0.717) is 13.0 Å². The molecular weight excluding hydrogens is 254 g/mol. The summed E-state index contributed by atoms with van der Waals surface area (Å²) in [6.07, 6.45) is 1.54. The Morgan fingerprint density at radius 1 is 1.30 bits per heavy atom. The Morgan fingerprint density at radius 2 is 2.10 bits per heavy atom. The minimum absolute atomic E-state index is 0.0198. The molecule has 1 N–H and O–H groups in total. The van der Waals surface area contributed by atoms with Crippen LogP contribution in [0.5, 0.6) is 0 Å². The highest BCUT2D eigenvalue weighted by atomic mass is 16.2. The van der Waals surface area contributed by atoms with Gasteiger partial charge in [0.15, 0.2) is 0 Å². The molecule has 106 valence electrons. The van der Waals surface area contributed by atoms with Crippen LogP contribution in [0.3, 0.4) is 0 Å². The number of benzene rings is 1. The number of nitrogens with one attached hydrogen (secondary N) is 1. The Kier molecular flexibility index (Phi) is 3.34. The molecule has 5 nitrogen and oxygen atoms in total. The van der Waals surface area contributed by atoms with Crippen LogP contribution in [0.1, 0.15) is 12.0 Å². The fourth-order valence-electron chi connectivity index (χ4n) is 2.84. The molecule has 1 aromatic carbocycles. The maximum atomic E-state index is 12.6. The predicted molar refractivity (Wildman–Crippen MR) is 76.4 cm³/mol. The first-order chi connectivity index (χ1) is 9.65. The quantitative estimate of drug-likeness (QED) is 0.820. The summed E-state index contributed by atoms with van der Waals surface area (Å²) in [7, 11) is 1.79. The zero-order valence-corrected chi connectivity index (χ0v) is 11.6. The molecule has 0 aromatic heterocycles. The van der Waals surface area contributed by atoms with Crippen molar-refractivity contribution in [3.05, 3.63) is 29.8 Å². The number of anilines is 1. The fraction of sp³-hybridized carbons (Fsp3) is 0.467. The average molecular weight is 273 g/mol. The normalized spacial score (nSPS) is 22.2. The van der Waals surface area contributed by atoms with Gasteiger partial charge in [0.05, 0.1) is 6.54 Å². The molecule has 2 aliphatic heterocycles. The summed E-state index contributed by atoms with van der Waals surface area (Å²) in [5.41, 5.74) is 2.20. The third-order valence-corrected chi connectivity index (χ3v) is 4.05. The van der Waals surface area contributed by atoms with E-state index in [4.69, 9.17) is 0 Å². The van der Waals surface area contributed by atoms with E-state index in [1.54, 1.807) is 16.8 Å². The summed E-state index contributed by atoms with van der Waals surface area (Å²) in [6, 6.07) is 7.74. The van der Waals surface area contributed by atoms with Crippen LogP contribution in [0.25, 0.3) is 0 Å². The lowest BCUT2D eigenvalue weighted by Gasteiger charge is -2.23. The molecule has 0 aliphatic carbocycles. The molecule has 5 heteroatoms. The zero-order valence-electron chi connectivity index (χ0n) is 11.6. The van der Waals surface area contributed by atoms with Crippen molar-refractivity contribution in [3.63, 3.8) is 0 Å². The number of carbonyl (C=O) groups excluding carboxylic acids is 2. The van der Waals surface area contributed by atoms with E-state index >= 15 is 0 Å². The predicted octanol–water partition coefficient (Wildman–Crippen LogP) is 0.714. The first kappa shape index (κ1) is 13.0. The molecule has 3 rings (SSSR count). The topological polar surface area (TPSA) is 52.6 Å². The van der Waals surface area contributed by atoms with Crippen molar-refractivity contribution < 1.29 is 9.59 Å². The van der Waals surface area contributed by atoms with E-state index in [1.165, 1.54) is 5.56 Å². The molecule has 0 spiro atoms. The smallest absolute Gasteiger partial charge is 0.245 e. The number of para-hydroxylation sites is 1. The van der Waals surface area contributed by atoms with Gasteiger partial charge in [-0.1, -0.05) is 18.2 Å². The third-order valence-electron chi connectivity index (χ3n) is 4.05. The minimum Gasteiger partial charge on any atom is -0.373 e. The number of rotatable bonds is 1. The third kappa shape index (κ3) is 2.35. The van der Waals surface area contributed by atoms with Crippen molar-refractivity contribution in [1.82, 2.24) is 9.80 Å². The highest BCUT2D eigenvalue weighted by molar-refractivity contribution is 5.91. The van der Waals surface area contributed by atoms with Crippen molar-refractivity contribution in [2.45, 2.75) is 18.9 Å². The van der Waals surface area contributed by atoms with Gasteiger partial charge >= 0.3 is 0 Å². The highest BCUT2D eigenvalue weighted by Gasteiger charge is 2.32. The van der Waals surface area contributed by atoms with E-state index in [1.807, 2.05) is 24.3 Å². The van der Waals surface area contributed by atoms with E-state index < -0.39 is 0 Å². The zero-order chi connectivity index (χ0) is 14.1. The first-order valence-electron chi connectivity index (χ1n) is 7.02. The van der Waals surface area contributed by atoms with Crippen LogP contribution in [-0.2, 0) is 16.0 Å². The molecule has 0 unspecified atom stereocenters.